The van der Waals surface area contributed by atoms with Gasteiger partial charge in [0.05, 0.1) is 6.42 Å². The molecule has 0 aliphatic rings. The maximum absolute atomic E-state index is 12.6. The fourth-order valence-electron chi connectivity index (χ4n) is 8.49. The van der Waals surface area contributed by atoms with Crippen molar-refractivity contribution < 1.29 is 14.4 Å². The first-order valence-corrected chi connectivity index (χ1v) is 26.3. The van der Waals surface area contributed by atoms with Crippen molar-refractivity contribution in [3.8, 4) is 0 Å². The third-order valence-corrected chi connectivity index (χ3v) is 12.6. The van der Waals surface area contributed by atoms with Gasteiger partial charge in [0, 0.05) is 73.4 Å². The standard InChI is InChI=1S/C38H38N4O2.C21H23N3.C8H10N2O/c1-28-8-18-34(19-9-28)39-37(43)24-30-12-14-32(15-13-30)26-42(25-31-6-4-3-5-7-31)27-33-16-22-36(23-17-33)41-38(44)40-35-20-10-29(2)11-21-35;22-20-10-6-18(7-11-20)15-24(14-17-4-2-1-3-5-17)16-19-8-12-21(23)13-9-19;1-6-2-4-7(5-3-6)10-8(9)11/h3-23H,24-27H2,1-2H3,(H,39,43)(H2,40,41,44);1-13H,14-16,22-23H2;2-5H,1H3,(H3,9,10,11). The molecule has 0 bridgehead atoms. The van der Waals surface area contributed by atoms with Gasteiger partial charge in [0.15, 0.2) is 0 Å². The van der Waals surface area contributed by atoms with Crippen LogP contribution in [-0.2, 0) is 50.5 Å². The number of primary amides is 1. The van der Waals surface area contributed by atoms with E-state index in [4.69, 9.17) is 17.2 Å². The monoisotopic (exact) mass is 1050 g/mol. The Morgan fingerprint density at radius 1 is 0.329 bits per heavy atom. The van der Waals surface area contributed by atoms with Gasteiger partial charge in [-0.15, -0.1) is 0 Å². The van der Waals surface area contributed by atoms with E-state index in [1.54, 1.807) is 12.1 Å². The molecule has 5 amide bonds. The van der Waals surface area contributed by atoms with Crippen molar-refractivity contribution in [1.29, 1.82) is 0 Å². The van der Waals surface area contributed by atoms with Crippen LogP contribution in [0.5, 0.6) is 0 Å². The van der Waals surface area contributed by atoms with Crippen molar-refractivity contribution in [2.75, 3.05) is 32.7 Å². The van der Waals surface area contributed by atoms with E-state index < -0.39 is 6.03 Å². The summed E-state index contributed by atoms with van der Waals surface area (Å²) < 4.78 is 0. The van der Waals surface area contributed by atoms with E-state index in [9.17, 15) is 14.4 Å². The van der Waals surface area contributed by atoms with Crippen LogP contribution in [0.2, 0.25) is 0 Å². The first kappa shape index (κ1) is 57.2. The summed E-state index contributed by atoms with van der Waals surface area (Å²) in [5.41, 5.74) is 32.9. The second-order valence-corrected chi connectivity index (χ2v) is 19.6. The number of carbonyl (C=O) groups excluding carboxylic acids is 3. The number of carbonyl (C=O) groups is 3. The number of hydrogen-bond donors (Lipinski definition) is 7. The van der Waals surface area contributed by atoms with Crippen LogP contribution in [0.25, 0.3) is 0 Å². The van der Waals surface area contributed by atoms with E-state index in [1.165, 1.54) is 27.8 Å². The molecule has 402 valence electrons. The fraction of sp³-hybridized carbons (Fsp3) is 0.149. The highest BCUT2D eigenvalue weighted by atomic mass is 16.2. The quantitative estimate of drug-likeness (QED) is 0.0417. The molecule has 12 heteroatoms. The Bertz CT molecular complexity index is 3110. The predicted molar refractivity (Wildman–Crippen MR) is 325 cm³/mol. The van der Waals surface area contributed by atoms with Gasteiger partial charge in [-0.1, -0.05) is 174 Å². The maximum atomic E-state index is 12.6. The molecule has 0 saturated carbocycles. The Hall–Kier alpha value is -9.49. The number of anilines is 6. The van der Waals surface area contributed by atoms with Crippen molar-refractivity contribution in [3.63, 3.8) is 0 Å². The molecule has 9 aromatic carbocycles. The minimum atomic E-state index is -0.533. The molecule has 0 aromatic heterocycles. The van der Waals surface area contributed by atoms with Gasteiger partial charge < -0.3 is 38.5 Å². The first-order valence-electron chi connectivity index (χ1n) is 26.3. The van der Waals surface area contributed by atoms with Gasteiger partial charge in [0.25, 0.3) is 0 Å². The zero-order chi connectivity index (χ0) is 55.8. The predicted octanol–water partition coefficient (Wildman–Crippen LogP) is 13.9. The number of nitrogens with one attached hydrogen (secondary N) is 4. The van der Waals surface area contributed by atoms with Crippen LogP contribution in [0, 0.1) is 20.8 Å². The van der Waals surface area contributed by atoms with Gasteiger partial charge in [-0.3, -0.25) is 14.6 Å². The zero-order valence-electron chi connectivity index (χ0n) is 45.2. The van der Waals surface area contributed by atoms with Gasteiger partial charge in [-0.2, -0.15) is 0 Å². The fourth-order valence-corrected chi connectivity index (χ4v) is 8.49. The number of hydrogen-bond acceptors (Lipinski definition) is 7. The first-order chi connectivity index (χ1) is 38.2. The number of amides is 5. The summed E-state index contributed by atoms with van der Waals surface area (Å²) >= 11 is 0. The average molecular weight is 1050 g/mol. The largest absolute Gasteiger partial charge is 0.399 e. The second-order valence-electron chi connectivity index (χ2n) is 19.6. The summed E-state index contributed by atoms with van der Waals surface area (Å²) in [6, 6.07) is 75.6. The Morgan fingerprint density at radius 2 is 0.595 bits per heavy atom. The van der Waals surface area contributed by atoms with Crippen LogP contribution < -0.4 is 38.5 Å². The second kappa shape index (κ2) is 29.7. The third-order valence-electron chi connectivity index (χ3n) is 12.6. The lowest BCUT2D eigenvalue weighted by molar-refractivity contribution is -0.115. The number of aryl methyl sites for hydroxylation is 3. The summed E-state index contributed by atoms with van der Waals surface area (Å²) in [6.07, 6.45) is 0.325. The molecule has 0 aliphatic heterocycles. The highest BCUT2D eigenvalue weighted by Crippen LogP contribution is 2.20. The van der Waals surface area contributed by atoms with Crippen molar-refractivity contribution >= 4 is 52.1 Å². The van der Waals surface area contributed by atoms with Crippen molar-refractivity contribution in [3.05, 3.63) is 286 Å². The number of rotatable bonds is 18. The molecular formula is C67H71N9O3. The molecule has 0 radical (unpaired) electrons. The van der Waals surface area contributed by atoms with E-state index in [-0.39, 0.29) is 11.9 Å². The smallest absolute Gasteiger partial charge is 0.323 e. The van der Waals surface area contributed by atoms with Crippen molar-refractivity contribution in [2.45, 2.75) is 66.5 Å². The normalized spacial score (nSPS) is 10.6. The van der Waals surface area contributed by atoms with Crippen molar-refractivity contribution in [2.24, 2.45) is 5.73 Å². The molecule has 0 fully saturated rings. The molecule has 79 heavy (non-hydrogen) atoms. The summed E-state index contributed by atoms with van der Waals surface area (Å²) in [5, 5.41) is 11.2. The topological polar surface area (TPSA) is 184 Å². The number of urea groups is 2. The highest BCUT2D eigenvalue weighted by Gasteiger charge is 2.12. The Kier molecular flexibility index (Phi) is 21.5. The molecule has 0 spiro atoms. The molecule has 10 N–H and O–H groups in total. The van der Waals surface area contributed by atoms with Gasteiger partial charge in [-0.25, -0.2) is 9.59 Å². The highest BCUT2D eigenvalue weighted by molar-refractivity contribution is 5.99. The molecule has 0 saturated heterocycles. The van der Waals surface area contributed by atoms with Crippen LogP contribution in [0.3, 0.4) is 0 Å². The number of nitrogens with zero attached hydrogens (tertiary/aromatic N) is 2. The molecule has 9 rings (SSSR count). The Balaban J connectivity index is 0.000000213. The minimum absolute atomic E-state index is 0.0297. The van der Waals surface area contributed by atoms with Crippen LogP contribution in [0.1, 0.15) is 55.6 Å². The molecule has 9 aromatic rings. The van der Waals surface area contributed by atoms with Crippen LogP contribution >= 0.6 is 0 Å². The molecule has 0 unspecified atom stereocenters. The van der Waals surface area contributed by atoms with Crippen molar-refractivity contribution in [1.82, 2.24) is 9.80 Å². The van der Waals surface area contributed by atoms with E-state index in [0.29, 0.717) is 6.42 Å². The molecule has 0 atom stereocenters. The summed E-state index contributed by atoms with van der Waals surface area (Å²) in [4.78, 5) is 40.2. The van der Waals surface area contributed by atoms with Gasteiger partial charge in [0.2, 0.25) is 5.91 Å². The number of nitrogens with two attached hydrogens (primary N) is 3. The van der Waals surface area contributed by atoms with Crippen LogP contribution in [0.15, 0.2) is 231 Å². The van der Waals surface area contributed by atoms with E-state index in [2.05, 4.69) is 128 Å². The summed E-state index contributed by atoms with van der Waals surface area (Å²) in [7, 11) is 0. The lowest BCUT2D eigenvalue weighted by Gasteiger charge is -2.23. The Morgan fingerprint density at radius 3 is 0.937 bits per heavy atom. The zero-order valence-corrected chi connectivity index (χ0v) is 45.2. The van der Waals surface area contributed by atoms with E-state index >= 15 is 0 Å². The molecule has 12 nitrogen and oxygen atoms in total. The van der Waals surface area contributed by atoms with Crippen LogP contribution in [0.4, 0.5) is 43.7 Å². The van der Waals surface area contributed by atoms with E-state index in [1.807, 2.05) is 142 Å². The van der Waals surface area contributed by atoms with Gasteiger partial charge >= 0.3 is 12.1 Å². The number of nitrogen functional groups attached to an aromatic ring is 2. The molecular weight excluding hydrogens is 979 g/mol. The van der Waals surface area contributed by atoms with E-state index in [0.717, 1.165) is 101 Å². The lowest BCUT2D eigenvalue weighted by atomic mass is 10.1. The average Bonchev–Trinajstić information content (AvgIpc) is 3.44. The van der Waals surface area contributed by atoms with Crippen LogP contribution in [-0.4, -0.2) is 27.8 Å². The summed E-state index contributed by atoms with van der Waals surface area (Å²) in [6.45, 7) is 11.0. The third kappa shape index (κ3) is 20.9. The minimum Gasteiger partial charge on any atom is -0.399 e. The SMILES string of the molecule is Cc1ccc(NC(=O)Cc2ccc(CN(Cc3ccccc3)Cc3ccc(NC(=O)Nc4ccc(C)cc4)cc3)cc2)cc1.Cc1ccc(NC(N)=O)cc1.Nc1ccc(CN(Cc2ccccc2)Cc2ccc(N)cc2)cc1. The summed E-state index contributed by atoms with van der Waals surface area (Å²) in [5.74, 6) is -0.0297. The lowest BCUT2D eigenvalue weighted by Crippen LogP contribution is -2.22. The number of benzene rings is 9. The Labute approximate surface area is 465 Å². The maximum Gasteiger partial charge on any atom is 0.323 e. The van der Waals surface area contributed by atoms with Gasteiger partial charge in [-0.05, 0) is 133 Å². The molecule has 0 heterocycles. The molecule has 0 aliphatic carbocycles. The van der Waals surface area contributed by atoms with Gasteiger partial charge in [0.1, 0.15) is 0 Å².